The molecule has 1 saturated heterocycles. The fourth-order valence-corrected chi connectivity index (χ4v) is 5.75. The van der Waals surface area contributed by atoms with Crippen LogP contribution < -0.4 is 10.1 Å². The molecule has 1 aliphatic heterocycles. The molecule has 5 aromatic rings. The Morgan fingerprint density at radius 2 is 1.77 bits per heavy atom. The Morgan fingerprint density at radius 3 is 2.63 bits per heavy atom. The molecule has 3 aromatic heterocycles. The van der Waals surface area contributed by atoms with Crippen LogP contribution in [-0.2, 0) is 0 Å². The molecule has 0 bridgehead atoms. The van der Waals surface area contributed by atoms with E-state index in [9.17, 15) is 0 Å². The normalized spacial score (nSPS) is 14.5. The molecule has 7 heteroatoms. The van der Waals surface area contributed by atoms with E-state index >= 15 is 0 Å². The highest BCUT2D eigenvalue weighted by Crippen LogP contribution is 2.33. The highest BCUT2D eigenvalue weighted by Gasteiger charge is 2.12. The van der Waals surface area contributed by atoms with Crippen LogP contribution in [0.25, 0.3) is 26.3 Å². The molecule has 1 fully saturated rings. The lowest BCUT2D eigenvalue weighted by atomic mass is 10.1. The number of anilines is 2. The SMILES string of the molecule is c1ccc2sc(-c3cccc4nc(Nc5ccc(OCCCN6CCCCC6)cc5)nn34)cc2c1. The number of ether oxygens (including phenoxy) is 1. The molecule has 1 aliphatic rings. The summed E-state index contributed by atoms with van der Waals surface area (Å²) in [5, 5.41) is 9.33. The highest BCUT2D eigenvalue weighted by molar-refractivity contribution is 7.22. The minimum absolute atomic E-state index is 0.578. The molecule has 0 aliphatic carbocycles. The van der Waals surface area contributed by atoms with Gasteiger partial charge in [-0.2, -0.15) is 4.98 Å². The smallest absolute Gasteiger partial charge is 0.247 e. The van der Waals surface area contributed by atoms with E-state index in [1.165, 1.54) is 47.3 Å². The number of piperidine rings is 1. The standard InChI is InChI=1S/C28H29N5OS/c1-4-16-32(17-5-1)18-7-19-34-23-14-12-22(13-15-23)29-28-30-27-11-6-9-24(33(27)31-28)26-20-21-8-2-3-10-25(21)35-26/h2-3,6,8-15,20H,1,4-5,7,16-19H2,(H,29,31). The zero-order chi connectivity index (χ0) is 23.5. The van der Waals surface area contributed by atoms with Crippen molar-refractivity contribution in [3.05, 3.63) is 72.8 Å². The largest absolute Gasteiger partial charge is 0.494 e. The lowest BCUT2D eigenvalue weighted by Gasteiger charge is -2.26. The second-order valence-electron chi connectivity index (χ2n) is 9.02. The number of nitrogens with zero attached hydrogens (tertiary/aromatic N) is 4. The summed E-state index contributed by atoms with van der Waals surface area (Å²) in [7, 11) is 0. The Labute approximate surface area is 209 Å². The molecule has 35 heavy (non-hydrogen) atoms. The molecule has 4 heterocycles. The predicted molar refractivity (Wildman–Crippen MR) is 144 cm³/mol. The minimum Gasteiger partial charge on any atom is -0.494 e. The van der Waals surface area contributed by atoms with Gasteiger partial charge in [-0.15, -0.1) is 16.4 Å². The predicted octanol–water partition coefficient (Wildman–Crippen LogP) is 6.61. The zero-order valence-electron chi connectivity index (χ0n) is 19.7. The van der Waals surface area contributed by atoms with Crippen molar-refractivity contribution in [1.82, 2.24) is 19.5 Å². The second-order valence-corrected chi connectivity index (χ2v) is 10.1. The first-order chi connectivity index (χ1) is 17.3. The van der Waals surface area contributed by atoms with Gasteiger partial charge in [-0.3, -0.25) is 0 Å². The van der Waals surface area contributed by atoms with Crippen molar-refractivity contribution in [2.24, 2.45) is 0 Å². The average molecular weight is 484 g/mol. The average Bonchev–Trinajstić information content (AvgIpc) is 3.52. The number of benzene rings is 2. The van der Waals surface area contributed by atoms with Crippen LogP contribution in [0.3, 0.4) is 0 Å². The Bertz CT molecular complexity index is 1390. The van der Waals surface area contributed by atoms with Crippen LogP contribution in [0.15, 0.2) is 72.8 Å². The van der Waals surface area contributed by atoms with Crippen LogP contribution in [-0.4, -0.2) is 45.7 Å². The molecule has 6 nitrogen and oxygen atoms in total. The van der Waals surface area contributed by atoms with E-state index in [0.29, 0.717) is 5.95 Å². The molecular weight excluding hydrogens is 454 g/mol. The third kappa shape index (κ3) is 5.01. The summed E-state index contributed by atoms with van der Waals surface area (Å²) in [4.78, 5) is 8.41. The number of fused-ring (bicyclic) bond motifs is 2. The number of likely N-dealkylation sites (tertiary alicyclic amines) is 1. The number of hydrogen-bond donors (Lipinski definition) is 1. The third-order valence-electron chi connectivity index (χ3n) is 6.48. The Hall–Kier alpha value is -3.42. The zero-order valence-corrected chi connectivity index (χ0v) is 20.5. The van der Waals surface area contributed by atoms with Gasteiger partial charge >= 0.3 is 0 Å². The summed E-state index contributed by atoms with van der Waals surface area (Å²) in [6.45, 7) is 4.35. The van der Waals surface area contributed by atoms with Crippen molar-refractivity contribution in [1.29, 1.82) is 0 Å². The first-order valence-corrected chi connectivity index (χ1v) is 13.2. The van der Waals surface area contributed by atoms with Gasteiger partial charge < -0.3 is 15.0 Å². The van der Waals surface area contributed by atoms with Gasteiger partial charge in [0.05, 0.1) is 17.2 Å². The van der Waals surface area contributed by atoms with E-state index in [1.807, 2.05) is 40.9 Å². The summed E-state index contributed by atoms with van der Waals surface area (Å²) < 4.78 is 9.13. The summed E-state index contributed by atoms with van der Waals surface area (Å²) in [5.41, 5.74) is 2.79. The number of thiophene rings is 1. The topological polar surface area (TPSA) is 54.7 Å². The summed E-state index contributed by atoms with van der Waals surface area (Å²) in [6.07, 6.45) is 5.12. The number of rotatable bonds is 8. The van der Waals surface area contributed by atoms with Crippen LogP contribution in [0, 0.1) is 0 Å². The van der Waals surface area contributed by atoms with E-state index in [4.69, 9.17) is 9.84 Å². The van der Waals surface area contributed by atoms with Crippen LogP contribution in [0.1, 0.15) is 25.7 Å². The van der Waals surface area contributed by atoms with Crippen molar-refractivity contribution in [3.63, 3.8) is 0 Å². The fraction of sp³-hybridized carbons (Fsp3) is 0.286. The van der Waals surface area contributed by atoms with Crippen LogP contribution in [0.5, 0.6) is 5.75 Å². The van der Waals surface area contributed by atoms with Crippen LogP contribution >= 0.6 is 11.3 Å². The molecule has 6 rings (SSSR count). The molecule has 0 saturated carbocycles. The van der Waals surface area contributed by atoms with Crippen LogP contribution in [0.2, 0.25) is 0 Å². The maximum absolute atomic E-state index is 5.95. The summed E-state index contributed by atoms with van der Waals surface area (Å²) in [5.74, 6) is 1.47. The fourth-order valence-electron chi connectivity index (χ4n) is 4.68. The minimum atomic E-state index is 0.578. The van der Waals surface area contributed by atoms with Gasteiger partial charge in [0, 0.05) is 16.9 Å². The van der Waals surface area contributed by atoms with E-state index in [0.717, 1.165) is 42.4 Å². The molecule has 0 amide bonds. The van der Waals surface area contributed by atoms with Gasteiger partial charge in [0.15, 0.2) is 5.65 Å². The first kappa shape index (κ1) is 22.1. The van der Waals surface area contributed by atoms with Crippen molar-refractivity contribution in [2.45, 2.75) is 25.7 Å². The van der Waals surface area contributed by atoms with Crippen LogP contribution in [0.4, 0.5) is 11.6 Å². The van der Waals surface area contributed by atoms with Crippen molar-refractivity contribution < 1.29 is 4.74 Å². The maximum atomic E-state index is 5.95. The number of hydrogen-bond acceptors (Lipinski definition) is 6. The van der Waals surface area contributed by atoms with E-state index in [1.54, 1.807) is 11.3 Å². The third-order valence-corrected chi connectivity index (χ3v) is 7.62. The summed E-state index contributed by atoms with van der Waals surface area (Å²) in [6, 6.07) is 24.8. The summed E-state index contributed by atoms with van der Waals surface area (Å²) >= 11 is 1.77. The maximum Gasteiger partial charge on any atom is 0.247 e. The molecule has 0 spiro atoms. The van der Waals surface area contributed by atoms with Gasteiger partial charge in [-0.1, -0.05) is 30.7 Å². The highest BCUT2D eigenvalue weighted by atomic mass is 32.1. The van der Waals surface area contributed by atoms with Crippen molar-refractivity contribution in [2.75, 3.05) is 31.6 Å². The molecule has 1 N–H and O–H groups in total. The lowest BCUT2D eigenvalue weighted by molar-refractivity contribution is 0.205. The van der Waals surface area contributed by atoms with Gasteiger partial charge in [0.1, 0.15) is 5.75 Å². The van der Waals surface area contributed by atoms with Gasteiger partial charge in [-0.25, -0.2) is 4.52 Å². The quantitative estimate of drug-likeness (QED) is 0.252. The Morgan fingerprint density at radius 1 is 0.914 bits per heavy atom. The Kier molecular flexibility index (Phi) is 6.34. The molecule has 0 unspecified atom stereocenters. The van der Waals surface area contributed by atoms with Gasteiger partial charge in [-0.05, 0) is 86.3 Å². The Balaban J connectivity index is 1.11. The number of aromatic nitrogens is 3. The molecule has 0 atom stereocenters. The van der Waals surface area contributed by atoms with E-state index in [2.05, 4.69) is 51.6 Å². The van der Waals surface area contributed by atoms with E-state index < -0.39 is 0 Å². The van der Waals surface area contributed by atoms with E-state index in [-0.39, 0.29) is 0 Å². The lowest BCUT2D eigenvalue weighted by Crippen LogP contribution is -2.31. The van der Waals surface area contributed by atoms with Gasteiger partial charge in [0.2, 0.25) is 5.95 Å². The van der Waals surface area contributed by atoms with Gasteiger partial charge in [0.25, 0.3) is 0 Å². The molecular formula is C28H29N5OS. The second kappa shape index (κ2) is 10.1. The van der Waals surface area contributed by atoms with Crippen molar-refractivity contribution in [3.8, 4) is 16.3 Å². The molecule has 0 radical (unpaired) electrons. The monoisotopic (exact) mass is 483 g/mol. The first-order valence-electron chi connectivity index (χ1n) is 12.4. The molecule has 2 aromatic carbocycles. The number of pyridine rings is 1. The van der Waals surface area contributed by atoms with Crippen molar-refractivity contribution >= 4 is 38.7 Å². The number of nitrogens with one attached hydrogen (secondary N) is 1. The molecule has 178 valence electrons.